The number of rotatable bonds is 9. The van der Waals surface area contributed by atoms with E-state index in [2.05, 4.69) is 10.3 Å². The third-order valence-corrected chi connectivity index (χ3v) is 5.47. The van der Waals surface area contributed by atoms with E-state index in [-0.39, 0.29) is 12.0 Å². The molecule has 1 saturated heterocycles. The van der Waals surface area contributed by atoms with Crippen LogP contribution in [0.1, 0.15) is 42.9 Å². The number of alkyl carbamates (subject to hydrolysis) is 1. The van der Waals surface area contributed by atoms with E-state index in [4.69, 9.17) is 18.6 Å². The zero-order valence-corrected chi connectivity index (χ0v) is 18.8. The molecule has 0 radical (unpaired) electrons. The van der Waals surface area contributed by atoms with Crippen LogP contribution in [0.15, 0.2) is 52.9 Å². The van der Waals surface area contributed by atoms with Crippen LogP contribution in [0, 0.1) is 6.92 Å². The summed E-state index contributed by atoms with van der Waals surface area (Å²) in [5.74, 6) is 2.08. The first kappa shape index (κ1) is 22.4. The van der Waals surface area contributed by atoms with Crippen LogP contribution in [-0.2, 0) is 16.0 Å². The van der Waals surface area contributed by atoms with Gasteiger partial charge < -0.3 is 18.6 Å². The number of aromatic nitrogens is 1. The van der Waals surface area contributed by atoms with Gasteiger partial charge in [-0.05, 0) is 62.9 Å². The fourth-order valence-electron chi connectivity index (χ4n) is 3.78. The van der Waals surface area contributed by atoms with E-state index < -0.39 is 12.2 Å². The number of carbonyl (C=O) groups is 2. The Morgan fingerprint density at radius 2 is 1.91 bits per heavy atom. The van der Waals surface area contributed by atoms with Gasteiger partial charge in [0.1, 0.15) is 17.6 Å². The molecule has 2 unspecified atom stereocenters. The molecule has 0 aliphatic carbocycles. The molecule has 2 atom stereocenters. The lowest BCUT2D eigenvalue weighted by Crippen LogP contribution is -2.24. The minimum atomic E-state index is -0.714. The molecule has 33 heavy (non-hydrogen) atoms. The molecular formula is C25H26N2O6. The molecule has 172 valence electrons. The Bertz CT molecular complexity index is 1140. The molecule has 4 rings (SSSR count). The molecule has 1 aliphatic heterocycles. The molecule has 1 aromatic heterocycles. The van der Waals surface area contributed by atoms with Crippen LogP contribution in [0.2, 0.25) is 0 Å². The van der Waals surface area contributed by atoms with Crippen LogP contribution in [0.3, 0.4) is 0 Å². The van der Waals surface area contributed by atoms with Crippen molar-refractivity contribution >= 4 is 12.0 Å². The SMILES string of the molecule is COc1cc(CCCC2OC(=O)NC2=O)ccc1OC(C)c1nc(-c2ccccc2)oc1C. The summed E-state index contributed by atoms with van der Waals surface area (Å²) in [5, 5.41) is 2.14. The number of nitrogens with zero attached hydrogens (tertiary/aromatic N) is 1. The summed E-state index contributed by atoms with van der Waals surface area (Å²) in [6.07, 6.45) is 0.114. The zero-order valence-electron chi connectivity index (χ0n) is 18.8. The van der Waals surface area contributed by atoms with Crippen LogP contribution in [-0.4, -0.2) is 30.2 Å². The second kappa shape index (κ2) is 9.77. The minimum absolute atomic E-state index is 0.346. The number of ether oxygens (including phenoxy) is 3. The number of methoxy groups -OCH3 is 1. The maximum Gasteiger partial charge on any atom is 0.414 e. The smallest absolute Gasteiger partial charge is 0.414 e. The van der Waals surface area contributed by atoms with Gasteiger partial charge in [0.15, 0.2) is 17.6 Å². The highest BCUT2D eigenvalue weighted by atomic mass is 16.6. The van der Waals surface area contributed by atoms with Crippen LogP contribution in [0.25, 0.3) is 11.5 Å². The standard InChI is InChI=1S/C25H26N2O6/c1-15(22-16(2)32-24(26-22)18-9-5-4-6-10-18)31-19-13-12-17(14-21(19)30-3)8-7-11-20-23(28)27-25(29)33-20/h4-6,9-10,12-15,20H,7-8,11H2,1-3H3,(H,27,28,29). The summed E-state index contributed by atoms with van der Waals surface area (Å²) in [5.41, 5.74) is 2.66. The molecule has 1 fully saturated rings. The predicted molar refractivity (Wildman–Crippen MR) is 120 cm³/mol. The molecule has 8 heteroatoms. The number of hydrogen-bond donors (Lipinski definition) is 1. The third kappa shape index (κ3) is 5.16. The van der Waals surface area contributed by atoms with Gasteiger partial charge >= 0.3 is 6.09 Å². The quantitative estimate of drug-likeness (QED) is 0.502. The van der Waals surface area contributed by atoms with Gasteiger partial charge in [0, 0.05) is 5.56 Å². The number of oxazole rings is 1. The van der Waals surface area contributed by atoms with Gasteiger partial charge in [-0.1, -0.05) is 24.3 Å². The van der Waals surface area contributed by atoms with E-state index >= 15 is 0 Å². The van der Waals surface area contributed by atoms with Gasteiger partial charge in [0.05, 0.1) is 7.11 Å². The second-order valence-electron chi connectivity index (χ2n) is 7.85. The monoisotopic (exact) mass is 450 g/mol. The van der Waals surface area contributed by atoms with E-state index in [1.54, 1.807) is 7.11 Å². The maximum atomic E-state index is 11.6. The van der Waals surface area contributed by atoms with Crippen molar-refractivity contribution in [2.45, 2.75) is 45.3 Å². The molecule has 8 nitrogen and oxygen atoms in total. The Morgan fingerprint density at radius 3 is 2.61 bits per heavy atom. The van der Waals surface area contributed by atoms with E-state index in [9.17, 15) is 9.59 Å². The van der Waals surface area contributed by atoms with Gasteiger partial charge in [-0.2, -0.15) is 0 Å². The number of carbonyl (C=O) groups excluding carboxylic acids is 2. The molecule has 2 amide bonds. The van der Waals surface area contributed by atoms with Crippen molar-refractivity contribution in [1.82, 2.24) is 10.3 Å². The van der Waals surface area contributed by atoms with Crippen molar-refractivity contribution < 1.29 is 28.2 Å². The highest BCUT2D eigenvalue weighted by Crippen LogP contribution is 2.34. The first-order valence-corrected chi connectivity index (χ1v) is 10.8. The highest BCUT2D eigenvalue weighted by Gasteiger charge is 2.31. The lowest BCUT2D eigenvalue weighted by atomic mass is 10.1. The molecule has 0 bridgehead atoms. The highest BCUT2D eigenvalue weighted by molar-refractivity contribution is 5.99. The maximum absolute atomic E-state index is 11.6. The number of hydrogen-bond acceptors (Lipinski definition) is 7. The lowest BCUT2D eigenvalue weighted by molar-refractivity contribution is -0.123. The van der Waals surface area contributed by atoms with E-state index in [0.29, 0.717) is 42.4 Å². The first-order chi connectivity index (χ1) is 15.9. The number of amides is 2. The molecular weight excluding hydrogens is 424 g/mol. The Labute approximate surface area is 191 Å². The summed E-state index contributed by atoms with van der Waals surface area (Å²) >= 11 is 0. The Kier molecular flexibility index (Phi) is 6.63. The summed E-state index contributed by atoms with van der Waals surface area (Å²) in [4.78, 5) is 27.3. The molecule has 0 spiro atoms. The predicted octanol–water partition coefficient (Wildman–Crippen LogP) is 4.76. The second-order valence-corrected chi connectivity index (χ2v) is 7.85. The van der Waals surface area contributed by atoms with Crippen LogP contribution in [0.5, 0.6) is 11.5 Å². The fourth-order valence-corrected chi connectivity index (χ4v) is 3.78. The Hall–Kier alpha value is -3.81. The van der Waals surface area contributed by atoms with Crippen LogP contribution < -0.4 is 14.8 Å². The van der Waals surface area contributed by atoms with Gasteiger partial charge in [0.25, 0.3) is 5.91 Å². The van der Waals surface area contributed by atoms with Gasteiger partial charge in [-0.3, -0.25) is 10.1 Å². The summed E-state index contributed by atoms with van der Waals surface area (Å²) in [6, 6.07) is 15.5. The Morgan fingerprint density at radius 1 is 1.12 bits per heavy atom. The largest absolute Gasteiger partial charge is 0.493 e. The molecule has 2 aromatic carbocycles. The van der Waals surface area contributed by atoms with E-state index in [1.807, 2.05) is 62.4 Å². The average molecular weight is 450 g/mol. The van der Waals surface area contributed by atoms with Crippen LogP contribution in [0.4, 0.5) is 4.79 Å². The number of nitrogens with one attached hydrogen (secondary N) is 1. The summed E-state index contributed by atoms with van der Waals surface area (Å²) in [6.45, 7) is 3.79. The third-order valence-electron chi connectivity index (χ3n) is 5.47. The zero-order chi connectivity index (χ0) is 23.4. The molecule has 0 saturated carbocycles. The topological polar surface area (TPSA) is 99.9 Å². The van der Waals surface area contributed by atoms with Gasteiger partial charge in [0.2, 0.25) is 5.89 Å². The normalized spacial score (nSPS) is 16.3. The van der Waals surface area contributed by atoms with Crippen molar-refractivity contribution in [3.8, 4) is 23.0 Å². The van der Waals surface area contributed by atoms with Crippen LogP contribution >= 0.6 is 0 Å². The van der Waals surface area contributed by atoms with Gasteiger partial charge in [-0.15, -0.1) is 0 Å². The summed E-state index contributed by atoms with van der Waals surface area (Å²) < 4.78 is 22.5. The Balaban J connectivity index is 1.40. The lowest BCUT2D eigenvalue weighted by Gasteiger charge is -2.16. The molecule has 3 aromatic rings. The molecule has 1 N–H and O–H groups in total. The minimum Gasteiger partial charge on any atom is -0.493 e. The van der Waals surface area contributed by atoms with Crippen molar-refractivity contribution in [3.63, 3.8) is 0 Å². The fraction of sp³-hybridized carbons (Fsp3) is 0.320. The van der Waals surface area contributed by atoms with Crippen molar-refractivity contribution in [1.29, 1.82) is 0 Å². The van der Waals surface area contributed by atoms with Crippen molar-refractivity contribution in [3.05, 3.63) is 65.5 Å². The number of benzene rings is 2. The van der Waals surface area contributed by atoms with Gasteiger partial charge in [-0.25, -0.2) is 9.78 Å². The van der Waals surface area contributed by atoms with E-state index in [1.165, 1.54) is 0 Å². The molecule has 1 aliphatic rings. The average Bonchev–Trinajstić information content (AvgIpc) is 3.36. The van der Waals surface area contributed by atoms with Crippen molar-refractivity contribution in [2.75, 3.05) is 7.11 Å². The number of aryl methyl sites for hydroxylation is 2. The summed E-state index contributed by atoms with van der Waals surface area (Å²) in [7, 11) is 1.59. The number of imide groups is 1. The van der Waals surface area contributed by atoms with Crippen molar-refractivity contribution in [2.24, 2.45) is 0 Å². The molecule has 2 heterocycles. The first-order valence-electron chi connectivity index (χ1n) is 10.8. The number of cyclic esters (lactones) is 1. The van der Waals surface area contributed by atoms with E-state index in [0.717, 1.165) is 16.8 Å².